The first kappa shape index (κ1) is 31.3. The van der Waals surface area contributed by atoms with Crippen LogP contribution in [0.4, 0.5) is 30.2 Å². The summed E-state index contributed by atoms with van der Waals surface area (Å²) in [5, 5.41) is 11.8. The zero-order chi connectivity index (χ0) is 30.9. The highest BCUT2D eigenvalue weighted by Gasteiger charge is 2.22. The highest BCUT2D eigenvalue weighted by atomic mass is 32.1. The van der Waals surface area contributed by atoms with Crippen LogP contribution in [0, 0.1) is 11.6 Å². The van der Waals surface area contributed by atoms with E-state index in [1.54, 1.807) is 12.1 Å². The molecule has 43 heavy (non-hydrogen) atoms. The molecule has 0 unspecified atom stereocenters. The van der Waals surface area contributed by atoms with Crippen molar-refractivity contribution in [2.75, 3.05) is 50.7 Å². The van der Waals surface area contributed by atoms with Crippen molar-refractivity contribution in [1.29, 1.82) is 0 Å². The molecule has 4 rings (SSSR count). The van der Waals surface area contributed by atoms with E-state index in [1.807, 2.05) is 14.1 Å². The van der Waals surface area contributed by atoms with Crippen LogP contribution < -0.4 is 26.4 Å². The highest BCUT2D eigenvalue weighted by molar-refractivity contribution is 7.19. The average molecular weight is 615 g/mol. The van der Waals surface area contributed by atoms with E-state index in [2.05, 4.69) is 36.0 Å². The fourth-order valence-electron chi connectivity index (χ4n) is 3.99. The number of halogens is 2. The number of rotatable bonds is 13. The van der Waals surface area contributed by atoms with Gasteiger partial charge in [0.15, 0.2) is 5.13 Å². The number of thiazole rings is 1. The Kier molecular flexibility index (Phi) is 10.6. The number of anilines is 3. The zero-order valence-corrected chi connectivity index (χ0v) is 24.7. The molecule has 228 valence electrons. The predicted octanol–water partition coefficient (Wildman–Crippen LogP) is 5.22. The summed E-state index contributed by atoms with van der Waals surface area (Å²) in [6, 6.07) is 7.49. The number of nitrogens with one attached hydrogen (secondary N) is 3. The fourth-order valence-corrected chi connectivity index (χ4v) is 4.79. The Bertz CT molecular complexity index is 1580. The van der Waals surface area contributed by atoms with Gasteiger partial charge in [0.2, 0.25) is 5.82 Å². The van der Waals surface area contributed by atoms with Crippen LogP contribution in [0.3, 0.4) is 0 Å². The number of benzene rings is 2. The van der Waals surface area contributed by atoms with Gasteiger partial charge in [-0.2, -0.15) is 4.98 Å². The van der Waals surface area contributed by atoms with E-state index in [0.29, 0.717) is 18.4 Å². The minimum Gasteiger partial charge on any atom is -0.497 e. The molecule has 2 heterocycles. The number of nitrogen functional groups attached to an aromatic ring is 1. The third-order valence-corrected chi connectivity index (χ3v) is 7.16. The van der Waals surface area contributed by atoms with Crippen LogP contribution in [0.1, 0.15) is 36.0 Å². The molecule has 4 aromatic rings. The van der Waals surface area contributed by atoms with Crippen LogP contribution >= 0.6 is 11.3 Å². The first-order chi connectivity index (χ1) is 20.6. The van der Waals surface area contributed by atoms with E-state index < -0.39 is 23.6 Å². The number of unbranched alkanes of at least 4 members (excludes halogenated alkanes) is 3. The number of nitrogens with zero attached hydrogens (tertiary/aromatic N) is 4. The molecule has 0 saturated heterocycles. The molecule has 5 N–H and O–H groups in total. The lowest BCUT2D eigenvalue weighted by Gasteiger charge is -2.09. The molecule has 12 nitrogen and oxygen atoms in total. The number of nitrogens with two attached hydrogens (primary N) is 1. The molecular weight excluding hydrogens is 582 g/mol. The number of hydrogen-bond acceptors (Lipinski definition) is 10. The van der Waals surface area contributed by atoms with Crippen LogP contribution in [-0.4, -0.2) is 66.3 Å². The van der Waals surface area contributed by atoms with Crippen LogP contribution in [0.15, 0.2) is 40.9 Å². The quantitative estimate of drug-likeness (QED) is 0.148. The Labute approximate surface area is 250 Å². The molecule has 0 aliphatic heterocycles. The molecule has 0 aliphatic rings. The number of ether oxygens (including phenoxy) is 1. The molecule has 0 aliphatic carbocycles. The van der Waals surface area contributed by atoms with Crippen molar-refractivity contribution in [1.82, 2.24) is 25.3 Å². The van der Waals surface area contributed by atoms with Crippen molar-refractivity contribution in [3.8, 4) is 27.9 Å². The van der Waals surface area contributed by atoms with E-state index >= 15 is 0 Å². The van der Waals surface area contributed by atoms with E-state index in [1.165, 1.54) is 19.2 Å². The monoisotopic (exact) mass is 614 g/mol. The van der Waals surface area contributed by atoms with Crippen LogP contribution in [0.25, 0.3) is 22.2 Å². The maximum absolute atomic E-state index is 14.8. The molecular formula is C28H32F2N8O4S. The Hall–Kier alpha value is -4.63. The second kappa shape index (κ2) is 14.5. The van der Waals surface area contributed by atoms with E-state index in [9.17, 15) is 18.4 Å². The molecule has 0 fully saturated rings. The lowest BCUT2D eigenvalue weighted by Crippen LogP contribution is -2.29. The summed E-state index contributed by atoms with van der Waals surface area (Å²) in [6.45, 7) is 1.55. The molecule has 2 aromatic carbocycles. The molecule has 0 atom stereocenters. The molecule has 15 heteroatoms. The van der Waals surface area contributed by atoms with Crippen molar-refractivity contribution in [2.24, 2.45) is 0 Å². The largest absolute Gasteiger partial charge is 0.497 e. The second-order valence-corrected chi connectivity index (χ2v) is 10.8. The fraction of sp³-hybridized carbons (Fsp3) is 0.321. The van der Waals surface area contributed by atoms with Crippen molar-refractivity contribution in [2.45, 2.75) is 25.7 Å². The minimum absolute atomic E-state index is 0.0159. The third kappa shape index (κ3) is 8.45. The maximum atomic E-state index is 14.8. The number of hydrogen-bond donors (Lipinski definition) is 4. The Morgan fingerprint density at radius 2 is 1.84 bits per heavy atom. The summed E-state index contributed by atoms with van der Waals surface area (Å²) in [6.07, 6.45) is 4.05. The number of carbonyl (C=O) groups is 2. The lowest BCUT2D eigenvalue weighted by atomic mass is 10.1. The summed E-state index contributed by atoms with van der Waals surface area (Å²) < 4.78 is 39.7. The van der Waals surface area contributed by atoms with E-state index in [-0.39, 0.29) is 44.4 Å². The predicted molar refractivity (Wildman–Crippen MR) is 160 cm³/mol. The summed E-state index contributed by atoms with van der Waals surface area (Å²) in [5.74, 6) is -2.44. The van der Waals surface area contributed by atoms with Crippen molar-refractivity contribution >= 4 is 39.9 Å². The lowest BCUT2D eigenvalue weighted by molar-refractivity contribution is 0.102. The van der Waals surface area contributed by atoms with Gasteiger partial charge in [-0.15, -0.1) is 0 Å². The van der Waals surface area contributed by atoms with Crippen molar-refractivity contribution in [3.63, 3.8) is 0 Å². The number of methoxy groups -OCH3 is 1. The van der Waals surface area contributed by atoms with Crippen LogP contribution in [0.2, 0.25) is 0 Å². The number of carbonyl (C=O) groups excluding carboxylic acids is 2. The Morgan fingerprint density at radius 3 is 2.60 bits per heavy atom. The average Bonchev–Trinajstić information content (AvgIpc) is 3.60. The van der Waals surface area contributed by atoms with Gasteiger partial charge < -0.3 is 30.5 Å². The third-order valence-electron chi connectivity index (χ3n) is 6.19. The van der Waals surface area contributed by atoms with Gasteiger partial charge in [0.05, 0.1) is 18.4 Å². The summed E-state index contributed by atoms with van der Waals surface area (Å²) in [4.78, 5) is 35.6. The van der Waals surface area contributed by atoms with Gasteiger partial charge in [-0.05, 0) is 57.7 Å². The van der Waals surface area contributed by atoms with Gasteiger partial charge >= 0.3 is 6.03 Å². The zero-order valence-electron chi connectivity index (χ0n) is 23.9. The number of aromatic nitrogens is 3. The Balaban J connectivity index is 1.40. The SMILES string of the molecule is COc1cccc(C(=O)Nc2cc(-c3noc(-c4sc(NC(=O)NCCCCCCN(C)C)nc4N)n3)c(F)cc2F)c1. The standard InChI is InChI=1S/C28H32F2N8O4S/c1-38(2)12-7-5-4-6-11-32-27(40)36-28-34-23(31)22(43-28)26-35-24(37-42-26)18-14-21(20(30)15-19(18)29)33-25(39)16-9-8-10-17(13-16)41-3/h8-10,13-15H,4-7,11-12,31H2,1-3H3,(H,33,39)(H2,32,34,36,40). The second-order valence-electron chi connectivity index (χ2n) is 9.75. The van der Waals surface area contributed by atoms with Gasteiger partial charge in [0.25, 0.3) is 11.8 Å². The van der Waals surface area contributed by atoms with Crippen molar-refractivity contribution in [3.05, 3.63) is 53.6 Å². The van der Waals surface area contributed by atoms with Gasteiger partial charge in [-0.3, -0.25) is 10.1 Å². The van der Waals surface area contributed by atoms with Crippen LogP contribution in [0.5, 0.6) is 5.75 Å². The van der Waals surface area contributed by atoms with E-state index in [0.717, 1.165) is 49.6 Å². The number of urea groups is 1. The first-order valence-electron chi connectivity index (χ1n) is 13.4. The van der Waals surface area contributed by atoms with Gasteiger partial charge in [0, 0.05) is 18.2 Å². The molecule has 0 spiro atoms. The van der Waals surface area contributed by atoms with Gasteiger partial charge in [-0.1, -0.05) is 35.4 Å². The first-order valence-corrected chi connectivity index (χ1v) is 14.2. The highest BCUT2D eigenvalue weighted by Crippen LogP contribution is 2.35. The molecule has 0 saturated carbocycles. The summed E-state index contributed by atoms with van der Waals surface area (Å²) >= 11 is 0.991. The summed E-state index contributed by atoms with van der Waals surface area (Å²) in [7, 11) is 5.53. The van der Waals surface area contributed by atoms with E-state index in [4.69, 9.17) is 15.0 Å². The normalized spacial score (nSPS) is 11.0. The minimum atomic E-state index is -0.994. The van der Waals surface area contributed by atoms with Crippen molar-refractivity contribution < 1.29 is 27.6 Å². The maximum Gasteiger partial charge on any atom is 0.321 e. The van der Waals surface area contributed by atoms with Crippen LogP contribution in [-0.2, 0) is 0 Å². The number of amides is 3. The van der Waals surface area contributed by atoms with Gasteiger partial charge in [0.1, 0.15) is 28.1 Å². The van der Waals surface area contributed by atoms with Gasteiger partial charge in [-0.25, -0.2) is 18.6 Å². The molecule has 2 aromatic heterocycles. The molecule has 3 amide bonds. The molecule has 0 radical (unpaired) electrons. The Morgan fingerprint density at radius 1 is 1.05 bits per heavy atom. The smallest absolute Gasteiger partial charge is 0.321 e. The topological polar surface area (TPSA) is 161 Å². The molecule has 0 bridgehead atoms. The summed E-state index contributed by atoms with van der Waals surface area (Å²) in [5.41, 5.74) is 5.70.